The van der Waals surface area contributed by atoms with Crippen LogP contribution < -0.4 is 10.6 Å². The molecule has 1 aliphatic rings. The molecule has 1 aromatic rings. The molecule has 0 radical (unpaired) electrons. The molecule has 0 aliphatic carbocycles. The van der Waals surface area contributed by atoms with Crippen molar-refractivity contribution < 1.29 is 4.79 Å². The zero-order chi connectivity index (χ0) is 12.1. The summed E-state index contributed by atoms with van der Waals surface area (Å²) in [4.78, 5) is 12.9. The number of halogens is 1. The van der Waals surface area contributed by atoms with E-state index in [4.69, 9.17) is 0 Å². The summed E-state index contributed by atoms with van der Waals surface area (Å²) in [5.74, 6) is 0.167. The first-order chi connectivity index (χ1) is 8.24. The first-order valence-electron chi connectivity index (χ1n) is 5.98. The van der Waals surface area contributed by atoms with Crippen LogP contribution in [-0.4, -0.2) is 25.0 Å². The van der Waals surface area contributed by atoms with E-state index in [1.165, 1.54) is 11.3 Å². The smallest absolute Gasteiger partial charge is 0.221 e. The summed E-state index contributed by atoms with van der Waals surface area (Å²) in [7, 11) is 0. The van der Waals surface area contributed by atoms with E-state index in [1.807, 2.05) is 6.07 Å². The second-order valence-corrected chi connectivity index (χ2v) is 6.85. The Labute approximate surface area is 114 Å². The lowest BCUT2D eigenvalue weighted by atomic mass is 10.1. The maximum atomic E-state index is 11.6. The average molecular weight is 317 g/mol. The first kappa shape index (κ1) is 13.1. The summed E-state index contributed by atoms with van der Waals surface area (Å²) in [5.41, 5.74) is 0. The summed E-state index contributed by atoms with van der Waals surface area (Å²) >= 11 is 5.16. The van der Waals surface area contributed by atoms with Crippen molar-refractivity contribution in [3.63, 3.8) is 0 Å². The van der Waals surface area contributed by atoms with Gasteiger partial charge in [0, 0.05) is 23.9 Å². The molecule has 1 aliphatic heterocycles. The molecule has 1 fully saturated rings. The Bertz CT molecular complexity index is 374. The van der Waals surface area contributed by atoms with Gasteiger partial charge in [0.05, 0.1) is 3.79 Å². The maximum absolute atomic E-state index is 11.6. The second kappa shape index (κ2) is 6.52. The van der Waals surface area contributed by atoms with Crippen molar-refractivity contribution in [2.45, 2.75) is 31.7 Å². The molecule has 2 N–H and O–H groups in total. The maximum Gasteiger partial charge on any atom is 0.221 e. The molecule has 17 heavy (non-hydrogen) atoms. The van der Waals surface area contributed by atoms with Crippen LogP contribution in [-0.2, 0) is 11.2 Å². The lowest BCUT2D eigenvalue weighted by Gasteiger charge is -2.09. The molecule has 0 bridgehead atoms. The number of rotatable bonds is 5. The summed E-state index contributed by atoms with van der Waals surface area (Å²) in [5, 5.41) is 6.31. The zero-order valence-electron chi connectivity index (χ0n) is 9.67. The van der Waals surface area contributed by atoms with Gasteiger partial charge in [-0.25, -0.2) is 0 Å². The molecular formula is C12H17BrN2OS. The topological polar surface area (TPSA) is 41.1 Å². The number of carbonyl (C=O) groups excluding carboxylic acids is 1. The highest BCUT2D eigenvalue weighted by Gasteiger charge is 2.17. The van der Waals surface area contributed by atoms with Crippen LogP contribution in [0.2, 0.25) is 0 Å². The quantitative estimate of drug-likeness (QED) is 0.875. The summed E-state index contributed by atoms with van der Waals surface area (Å²) in [6.45, 7) is 1.79. The van der Waals surface area contributed by atoms with Gasteiger partial charge >= 0.3 is 0 Å². The highest BCUT2D eigenvalue weighted by atomic mass is 79.9. The minimum absolute atomic E-state index is 0.167. The van der Waals surface area contributed by atoms with Crippen molar-refractivity contribution in [3.05, 3.63) is 20.8 Å². The minimum atomic E-state index is 0.167. The molecule has 1 amide bonds. The highest BCUT2D eigenvalue weighted by Crippen LogP contribution is 2.22. The van der Waals surface area contributed by atoms with E-state index in [0.717, 1.165) is 29.7 Å². The molecule has 0 spiro atoms. The van der Waals surface area contributed by atoms with Crippen molar-refractivity contribution in [1.82, 2.24) is 10.6 Å². The molecule has 0 saturated carbocycles. The lowest BCUT2D eigenvalue weighted by Crippen LogP contribution is -2.32. The van der Waals surface area contributed by atoms with Gasteiger partial charge in [0.15, 0.2) is 0 Å². The third kappa shape index (κ3) is 4.41. The van der Waals surface area contributed by atoms with Crippen molar-refractivity contribution >= 4 is 33.2 Å². The minimum Gasteiger partial charge on any atom is -0.356 e. The van der Waals surface area contributed by atoms with Gasteiger partial charge in [0.25, 0.3) is 0 Å². The van der Waals surface area contributed by atoms with Crippen LogP contribution in [0.1, 0.15) is 24.1 Å². The Hall–Kier alpha value is -0.390. The molecule has 2 heterocycles. The molecule has 1 atom stereocenters. The van der Waals surface area contributed by atoms with Gasteiger partial charge in [-0.1, -0.05) is 0 Å². The lowest BCUT2D eigenvalue weighted by molar-refractivity contribution is -0.121. The summed E-state index contributed by atoms with van der Waals surface area (Å²) in [6, 6.07) is 4.54. The zero-order valence-corrected chi connectivity index (χ0v) is 12.1. The third-order valence-corrected chi connectivity index (χ3v) is 4.60. The van der Waals surface area contributed by atoms with Crippen molar-refractivity contribution in [2.75, 3.05) is 13.1 Å². The predicted molar refractivity (Wildman–Crippen MR) is 74.4 cm³/mol. The van der Waals surface area contributed by atoms with Crippen molar-refractivity contribution in [3.8, 4) is 0 Å². The van der Waals surface area contributed by atoms with Gasteiger partial charge in [-0.2, -0.15) is 0 Å². The van der Waals surface area contributed by atoms with Crippen LogP contribution >= 0.6 is 27.3 Å². The molecule has 0 aromatic carbocycles. The number of carbonyl (C=O) groups is 1. The van der Waals surface area contributed by atoms with E-state index in [2.05, 4.69) is 32.6 Å². The second-order valence-electron chi connectivity index (χ2n) is 4.30. The van der Waals surface area contributed by atoms with Crippen LogP contribution in [0.4, 0.5) is 0 Å². The van der Waals surface area contributed by atoms with E-state index in [0.29, 0.717) is 12.5 Å². The molecule has 2 rings (SSSR count). The number of hydrogen-bond donors (Lipinski definition) is 2. The average Bonchev–Trinajstić information content (AvgIpc) is 2.90. The summed E-state index contributed by atoms with van der Waals surface area (Å²) in [6.07, 6.45) is 3.86. The van der Waals surface area contributed by atoms with Gasteiger partial charge in [-0.3, -0.25) is 4.79 Å². The van der Waals surface area contributed by atoms with Gasteiger partial charge < -0.3 is 10.6 Å². The fourth-order valence-corrected chi connectivity index (χ4v) is 3.52. The molecule has 94 valence electrons. The van der Waals surface area contributed by atoms with Crippen molar-refractivity contribution in [1.29, 1.82) is 0 Å². The number of nitrogens with one attached hydrogen (secondary N) is 2. The van der Waals surface area contributed by atoms with Crippen LogP contribution in [0.15, 0.2) is 15.9 Å². The number of hydrogen-bond acceptors (Lipinski definition) is 3. The summed E-state index contributed by atoms with van der Waals surface area (Å²) < 4.78 is 1.15. The van der Waals surface area contributed by atoms with Crippen LogP contribution in [0.5, 0.6) is 0 Å². The largest absolute Gasteiger partial charge is 0.356 e. The van der Waals surface area contributed by atoms with E-state index < -0.39 is 0 Å². The Morgan fingerprint density at radius 3 is 3.12 bits per heavy atom. The number of thiophene rings is 1. The van der Waals surface area contributed by atoms with Crippen LogP contribution in [0.25, 0.3) is 0 Å². The Morgan fingerprint density at radius 1 is 1.59 bits per heavy atom. The Kier molecular flexibility index (Phi) is 5.00. The van der Waals surface area contributed by atoms with Crippen LogP contribution in [0, 0.1) is 0 Å². The normalized spacial score (nSPS) is 19.5. The van der Waals surface area contributed by atoms with Gasteiger partial charge in [-0.05, 0) is 53.9 Å². The molecular weight excluding hydrogens is 300 g/mol. The molecule has 1 saturated heterocycles. The SMILES string of the molecule is O=C(CC1CCCN1)NCCc1ccc(Br)s1. The Morgan fingerprint density at radius 2 is 2.47 bits per heavy atom. The standard InChI is InChI=1S/C12H17BrN2OS/c13-11-4-3-10(17-11)5-7-15-12(16)8-9-2-1-6-14-9/h3-4,9,14H,1-2,5-8H2,(H,15,16). The van der Waals surface area contributed by atoms with E-state index in [-0.39, 0.29) is 5.91 Å². The molecule has 5 heteroatoms. The third-order valence-electron chi connectivity index (χ3n) is 2.92. The van der Waals surface area contributed by atoms with E-state index in [9.17, 15) is 4.79 Å². The molecule has 1 unspecified atom stereocenters. The van der Waals surface area contributed by atoms with Crippen molar-refractivity contribution in [2.24, 2.45) is 0 Å². The Balaban J connectivity index is 1.62. The fourth-order valence-electron chi connectivity index (χ4n) is 2.04. The van der Waals surface area contributed by atoms with E-state index in [1.54, 1.807) is 11.3 Å². The van der Waals surface area contributed by atoms with E-state index >= 15 is 0 Å². The van der Waals surface area contributed by atoms with Crippen LogP contribution in [0.3, 0.4) is 0 Å². The van der Waals surface area contributed by atoms with Gasteiger partial charge in [-0.15, -0.1) is 11.3 Å². The highest BCUT2D eigenvalue weighted by molar-refractivity contribution is 9.11. The van der Waals surface area contributed by atoms with Gasteiger partial charge in [0.1, 0.15) is 0 Å². The fraction of sp³-hybridized carbons (Fsp3) is 0.583. The monoisotopic (exact) mass is 316 g/mol. The number of amides is 1. The predicted octanol–water partition coefficient (Wildman–Crippen LogP) is 2.31. The molecule has 1 aromatic heterocycles. The first-order valence-corrected chi connectivity index (χ1v) is 7.59. The van der Waals surface area contributed by atoms with Gasteiger partial charge in [0.2, 0.25) is 5.91 Å². The molecule has 3 nitrogen and oxygen atoms in total.